The number of ether oxygens (including phenoxy) is 1. The Bertz CT molecular complexity index is 618. The van der Waals surface area contributed by atoms with Crippen molar-refractivity contribution in [3.8, 4) is 0 Å². The predicted octanol–water partition coefficient (Wildman–Crippen LogP) is 2.22. The summed E-state index contributed by atoms with van der Waals surface area (Å²) in [6, 6.07) is 6.53. The van der Waals surface area contributed by atoms with Crippen LogP contribution in [0.4, 0.5) is 0 Å². The van der Waals surface area contributed by atoms with E-state index in [1.807, 2.05) is 0 Å². The van der Waals surface area contributed by atoms with Crippen LogP contribution in [-0.2, 0) is 11.2 Å². The van der Waals surface area contributed by atoms with Crippen LogP contribution in [0.25, 0.3) is 10.9 Å². The number of H-pyrrole nitrogens is 1. The van der Waals surface area contributed by atoms with Crippen LogP contribution in [0.1, 0.15) is 18.1 Å². The molecule has 0 bridgehead atoms. The first-order valence-corrected chi connectivity index (χ1v) is 7.82. The number of fused-ring (bicyclic) bond motifs is 1. The first-order chi connectivity index (χ1) is 10.7. The maximum absolute atomic E-state index is 5.02. The first-order valence-electron chi connectivity index (χ1n) is 7.82. The van der Waals surface area contributed by atoms with Gasteiger partial charge in [-0.15, -0.1) is 0 Å². The standard InChI is InChI=1S/C17H26N4O/c1-4-18-17(20-9-10-22-3)19-8-7-14-12-21-16-11-13(2)5-6-15(14)16/h5-6,11-12,21H,4,7-10H2,1-3H3,(H2,18,19,20). The molecule has 5 nitrogen and oxygen atoms in total. The number of methoxy groups -OCH3 is 1. The van der Waals surface area contributed by atoms with Crippen LogP contribution in [0.5, 0.6) is 0 Å². The molecule has 0 atom stereocenters. The van der Waals surface area contributed by atoms with Crippen LogP contribution in [0.15, 0.2) is 29.4 Å². The van der Waals surface area contributed by atoms with E-state index in [9.17, 15) is 0 Å². The van der Waals surface area contributed by atoms with Crippen molar-refractivity contribution < 1.29 is 4.74 Å². The van der Waals surface area contributed by atoms with E-state index < -0.39 is 0 Å². The molecular weight excluding hydrogens is 276 g/mol. The normalized spacial score (nSPS) is 11.9. The van der Waals surface area contributed by atoms with E-state index in [0.29, 0.717) is 13.2 Å². The van der Waals surface area contributed by atoms with E-state index in [1.165, 1.54) is 22.0 Å². The Morgan fingerprint density at radius 1 is 1.32 bits per heavy atom. The van der Waals surface area contributed by atoms with E-state index in [1.54, 1.807) is 7.11 Å². The first kappa shape index (κ1) is 16.4. The number of aliphatic imine (C=N–C) groups is 1. The van der Waals surface area contributed by atoms with E-state index in [2.05, 4.69) is 58.9 Å². The Morgan fingerprint density at radius 3 is 2.95 bits per heavy atom. The number of hydrogen-bond acceptors (Lipinski definition) is 2. The second-order valence-corrected chi connectivity index (χ2v) is 5.29. The third-order valence-electron chi connectivity index (χ3n) is 3.52. The van der Waals surface area contributed by atoms with Crippen LogP contribution in [0.3, 0.4) is 0 Å². The number of nitrogens with one attached hydrogen (secondary N) is 3. The van der Waals surface area contributed by atoms with Gasteiger partial charge in [-0.3, -0.25) is 4.99 Å². The lowest BCUT2D eigenvalue weighted by atomic mass is 10.1. The van der Waals surface area contributed by atoms with Gasteiger partial charge in [0, 0.05) is 37.3 Å². The van der Waals surface area contributed by atoms with Crippen LogP contribution in [0.2, 0.25) is 0 Å². The lowest BCUT2D eigenvalue weighted by Crippen LogP contribution is -2.38. The molecule has 0 aliphatic heterocycles. The summed E-state index contributed by atoms with van der Waals surface area (Å²) in [6.07, 6.45) is 3.05. The van der Waals surface area contributed by atoms with Gasteiger partial charge in [-0.1, -0.05) is 12.1 Å². The highest BCUT2D eigenvalue weighted by Crippen LogP contribution is 2.19. The summed E-state index contributed by atoms with van der Waals surface area (Å²) in [7, 11) is 1.69. The number of rotatable bonds is 7. The molecule has 0 radical (unpaired) electrons. The van der Waals surface area contributed by atoms with Gasteiger partial charge in [0.05, 0.1) is 13.2 Å². The van der Waals surface area contributed by atoms with Gasteiger partial charge in [0.2, 0.25) is 0 Å². The van der Waals surface area contributed by atoms with Crippen molar-refractivity contribution in [2.75, 3.05) is 33.4 Å². The van der Waals surface area contributed by atoms with Crippen molar-refractivity contribution >= 4 is 16.9 Å². The molecule has 0 aliphatic rings. The zero-order valence-electron chi connectivity index (χ0n) is 13.7. The number of nitrogens with zero attached hydrogens (tertiary/aromatic N) is 1. The van der Waals surface area contributed by atoms with Gasteiger partial charge < -0.3 is 20.4 Å². The highest BCUT2D eigenvalue weighted by Gasteiger charge is 2.04. The fourth-order valence-electron chi connectivity index (χ4n) is 2.41. The average molecular weight is 302 g/mol. The Kier molecular flexibility index (Phi) is 6.27. The maximum atomic E-state index is 5.02. The van der Waals surface area contributed by atoms with Gasteiger partial charge in [0.25, 0.3) is 0 Å². The molecule has 2 rings (SSSR count). The molecule has 0 aliphatic carbocycles. The lowest BCUT2D eigenvalue weighted by molar-refractivity contribution is 0.208. The Morgan fingerprint density at radius 2 is 2.18 bits per heavy atom. The van der Waals surface area contributed by atoms with E-state index in [-0.39, 0.29) is 0 Å². The zero-order chi connectivity index (χ0) is 15.8. The van der Waals surface area contributed by atoms with Crippen LogP contribution in [-0.4, -0.2) is 44.3 Å². The molecule has 1 aromatic heterocycles. The summed E-state index contributed by atoms with van der Waals surface area (Å²) >= 11 is 0. The molecule has 3 N–H and O–H groups in total. The minimum atomic E-state index is 0.637. The molecule has 22 heavy (non-hydrogen) atoms. The lowest BCUT2D eigenvalue weighted by Gasteiger charge is -2.11. The number of benzene rings is 1. The van der Waals surface area contributed by atoms with Crippen molar-refractivity contribution in [2.24, 2.45) is 4.99 Å². The number of aromatic nitrogens is 1. The number of aromatic amines is 1. The second kappa shape index (κ2) is 8.44. The maximum Gasteiger partial charge on any atom is 0.191 e. The number of aryl methyl sites for hydroxylation is 1. The minimum Gasteiger partial charge on any atom is -0.383 e. The summed E-state index contributed by atoms with van der Waals surface area (Å²) in [6.45, 7) is 7.18. The summed E-state index contributed by atoms with van der Waals surface area (Å²) in [5, 5.41) is 7.90. The van der Waals surface area contributed by atoms with Crippen LogP contribution < -0.4 is 10.6 Å². The molecule has 0 fully saturated rings. The molecule has 1 aromatic carbocycles. The van der Waals surface area contributed by atoms with E-state index in [0.717, 1.165) is 25.5 Å². The third kappa shape index (κ3) is 4.49. The smallest absolute Gasteiger partial charge is 0.191 e. The van der Waals surface area contributed by atoms with Gasteiger partial charge >= 0.3 is 0 Å². The van der Waals surface area contributed by atoms with Gasteiger partial charge in [-0.05, 0) is 37.5 Å². The summed E-state index contributed by atoms with van der Waals surface area (Å²) in [5.41, 5.74) is 3.81. The van der Waals surface area contributed by atoms with Crippen molar-refractivity contribution in [2.45, 2.75) is 20.3 Å². The molecule has 0 saturated carbocycles. The molecule has 5 heteroatoms. The number of hydrogen-bond donors (Lipinski definition) is 3. The molecule has 1 heterocycles. The summed E-state index contributed by atoms with van der Waals surface area (Å²) in [5.74, 6) is 0.843. The van der Waals surface area contributed by atoms with E-state index in [4.69, 9.17) is 4.74 Å². The van der Waals surface area contributed by atoms with Gasteiger partial charge in [0.15, 0.2) is 5.96 Å². The van der Waals surface area contributed by atoms with Crippen molar-refractivity contribution in [3.05, 3.63) is 35.5 Å². The average Bonchev–Trinajstić information content (AvgIpc) is 2.90. The SMILES string of the molecule is CCNC(=NCCOC)NCCc1c[nH]c2cc(C)ccc12. The molecule has 0 amide bonds. The van der Waals surface area contributed by atoms with Crippen LogP contribution >= 0.6 is 0 Å². The summed E-state index contributed by atoms with van der Waals surface area (Å²) < 4.78 is 5.02. The molecule has 0 unspecified atom stereocenters. The molecular formula is C17H26N4O. The fraction of sp³-hybridized carbons (Fsp3) is 0.471. The topological polar surface area (TPSA) is 61.4 Å². The molecule has 120 valence electrons. The van der Waals surface area contributed by atoms with Crippen molar-refractivity contribution in [1.82, 2.24) is 15.6 Å². The van der Waals surface area contributed by atoms with Gasteiger partial charge in [0.1, 0.15) is 0 Å². The molecule has 2 aromatic rings. The third-order valence-corrected chi connectivity index (χ3v) is 3.52. The highest BCUT2D eigenvalue weighted by molar-refractivity contribution is 5.84. The molecule has 0 spiro atoms. The Balaban J connectivity index is 1.91. The zero-order valence-corrected chi connectivity index (χ0v) is 13.7. The quantitative estimate of drug-likeness (QED) is 0.417. The number of guanidine groups is 1. The highest BCUT2D eigenvalue weighted by atomic mass is 16.5. The van der Waals surface area contributed by atoms with Crippen LogP contribution in [0, 0.1) is 6.92 Å². The molecule has 0 saturated heterocycles. The second-order valence-electron chi connectivity index (χ2n) is 5.29. The summed E-state index contributed by atoms with van der Waals surface area (Å²) in [4.78, 5) is 7.80. The monoisotopic (exact) mass is 302 g/mol. The van der Waals surface area contributed by atoms with Crippen molar-refractivity contribution in [3.63, 3.8) is 0 Å². The Hall–Kier alpha value is -2.01. The van der Waals surface area contributed by atoms with E-state index >= 15 is 0 Å². The largest absolute Gasteiger partial charge is 0.383 e. The van der Waals surface area contributed by atoms with Crippen molar-refractivity contribution in [1.29, 1.82) is 0 Å². The van der Waals surface area contributed by atoms with Gasteiger partial charge in [-0.25, -0.2) is 0 Å². The van der Waals surface area contributed by atoms with Gasteiger partial charge in [-0.2, -0.15) is 0 Å². The fourth-order valence-corrected chi connectivity index (χ4v) is 2.41. The predicted molar refractivity (Wildman–Crippen MR) is 92.6 cm³/mol. The minimum absolute atomic E-state index is 0.637. The Labute approximate surface area is 132 Å².